The Kier molecular flexibility index (Phi) is 7.11. The molecule has 0 unspecified atom stereocenters. The molecule has 0 aliphatic heterocycles. The van der Waals surface area contributed by atoms with Gasteiger partial charge in [0.2, 0.25) is 5.78 Å². The number of nitrogens with zero attached hydrogens (tertiary/aromatic N) is 5. The molecular weight excluding hydrogens is 522 g/mol. The highest BCUT2D eigenvalue weighted by Crippen LogP contribution is 2.30. The van der Waals surface area contributed by atoms with E-state index in [4.69, 9.17) is 14.7 Å². The lowest BCUT2D eigenvalue weighted by molar-refractivity contribution is 0.00704. The van der Waals surface area contributed by atoms with E-state index in [2.05, 4.69) is 59.8 Å². The Hall–Kier alpha value is -4.78. The molecule has 0 aliphatic carbocycles. The summed E-state index contributed by atoms with van der Waals surface area (Å²) in [5.74, 6) is 1.44. The zero-order valence-electron chi connectivity index (χ0n) is 24.8. The Morgan fingerprint density at radius 1 is 0.952 bits per heavy atom. The standard InChI is InChI=1S/C35H35N5O2/c1-6-10-31-38-32-23(2)19-26(29-22-39-18-9-17-36-34(39)37-29)20-30(32)40(31)21-24-13-15-25(16-14-24)27-11-7-8-12-28(27)33(41)42-35(3,4)5/h7-9,11-20,22H,6,10,21H2,1-5H3. The topological polar surface area (TPSA) is 74.3 Å². The second-order valence-corrected chi connectivity index (χ2v) is 11.7. The summed E-state index contributed by atoms with van der Waals surface area (Å²) in [5, 5.41) is 0. The summed E-state index contributed by atoms with van der Waals surface area (Å²) < 4.78 is 9.93. The van der Waals surface area contributed by atoms with Crippen molar-refractivity contribution in [2.45, 2.75) is 59.6 Å². The minimum atomic E-state index is -0.557. The first-order valence-corrected chi connectivity index (χ1v) is 14.4. The molecule has 212 valence electrons. The minimum Gasteiger partial charge on any atom is -0.456 e. The number of ether oxygens (including phenoxy) is 1. The molecule has 0 amide bonds. The number of esters is 1. The van der Waals surface area contributed by atoms with Crippen LogP contribution in [-0.4, -0.2) is 35.5 Å². The molecule has 0 saturated heterocycles. The summed E-state index contributed by atoms with van der Waals surface area (Å²) in [7, 11) is 0. The molecule has 0 aliphatic rings. The van der Waals surface area contributed by atoms with Crippen LogP contribution < -0.4 is 0 Å². The molecule has 7 heteroatoms. The van der Waals surface area contributed by atoms with Gasteiger partial charge >= 0.3 is 5.97 Å². The van der Waals surface area contributed by atoms with Gasteiger partial charge in [-0.1, -0.05) is 49.4 Å². The molecule has 0 radical (unpaired) electrons. The van der Waals surface area contributed by atoms with Crippen molar-refractivity contribution in [3.05, 3.63) is 108 Å². The number of fused-ring (bicyclic) bond motifs is 2. The van der Waals surface area contributed by atoms with Crippen LogP contribution in [0.4, 0.5) is 0 Å². The number of carbonyl (C=O) groups is 1. The number of hydrogen-bond acceptors (Lipinski definition) is 5. The van der Waals surface area contributed by atoms with E-state index in [9.17, 15) is 4.79 Å². The van der Waals surface area contributed by atoms with Gasteiger partial charge in [-0.2, -0.15) is 0 Å². The SMILES string of the molecule is CCCc1nc2c(C)cc(-c3cn4cccnc4n3)cc2n1Cc1ccc(-c2ccccc2C(=O)OC(C)(C)C)cc1. The van der Waals surface area contributed by atoms with Crippen LogP contribution in [0.15, 0.2) is 85.3 Å². The summed E-state index contributed by atoms with van der Waals surface area (Å²) in [6.07, 6.45) is 7.64. The van der Waals surface area contributed by atoms with E-state index in [1.54, 1.807) is 6.20 Å². The number of rotatable bonds is 7. The molecule has 3 heterocycles. The number of aryl methyl sites for hydroxylation is 2. The normalized spacial score (nSPS) is 11.8. The fourth-order valence-corrected chi connectivity index (χ4v) is 5.37. The monoisotopic (exact) mass is 557 g/mol. The van der Waals surface area contributed by atoms with E-state index >= 15 is 0 Å². The fourth-order valence-electron chi connectivity index (χ4n) is 5.37. The predicted molar refractivity (Wildman–Crippen MR) is 167 cm³/mol. The first kappa shape index (κ1) is 27.4. The van der Waals surface area contributed by atoms with Gasteiger partial charge in [-0.15, -0.1) is 0 Å². The Balaban J connectivity index is 1.36. The number of hydrogen-bond donors (Lipinski definition) is 0. The first-order chi connectivity index (χ1) is 20.2. The lowest BCUT2D eigenvalue weighted by atomic mass is 9.98. The minimum absolute atomic E-state index is 0.316. The molecule has 0 spiro atoms. The molecule has 7 nitrogen and oxygen atoms in total. The number of carbonyl (C=O) groups excluding carboxylic acids is 1. The first-order valence-electron chi connectivity index (χ1n) is 14.4. The van der Waals surface area contributed by atoms with Crippen LogP contribution in [0.1, 0.15) is 61.4 Å². The van der Waals surface area contributed by atoms with Crippen molar-refractivity contribution >= 4 is 22.8 Å². The average molecular weight is 558 g/mol. The highest BCUT2D eigenvalue weighted by atomic mass is 16.6. The summed E-state index contributed by atoms with van der Waals surface area (Å²) in [6.45, 7) is 10.6. The van der Waals surface area contributed by atoms with Crippen LogP contribution in [-0.2, 0) is 17.7 Å². The predicted octanol–water partition coefficient (Wildman–Crippen LogP) is 7.68. The van der Waals surface area contributed by atoms with Crippen LogP contribution in [0.25, 0.3) is 39.2 Å². The van der Waals surface area contributed by atoms with Gasteiger partial charge in [-0.25, -0.2) is 19.7 Å². The largest absolute Gasteiger partial charge is 0.456 e. The Bertz CT molecular complexity index is 1880. The second-order valence-electron chi connectivity index (χ2n) is 11.7. The van der Waals surface area contributed by atoms with E-state index in [1.165, 1.54) is 0 Å². The maximum Gasteiger partial charge on any atom is 0.339 e. The van der Waals surface area contributed by atoms with E-state index in [0.717, 1.165) is 63.2 Å². The van der Waals surface area contributed by atoms with Gasteiger partial charge in [-0.3, -0.25) is 4.40 Å². The van der Waals surface area contributed by atoms with Crippen molar-refractivity contribution in [3.63, 3.8) is 0 Å². The molecule has 0 bridgehead atoms. The zero-order valence-corrected chi connectivity index (χ0v) is 24.8. The van der Waals surface area contributed by atoms with Crippen LogP contribution in [0, 0.1) is 6.92 Å². The summed E-state index contributed by atoms with van der Waals surface area (Å²) in [6, 6.07) is 22.3. The van der Waals surface area contributed by atoms with Crippen LogP contribution >= 0.6 is 0 Å². The highest BCUT2D eigenvalue weighted by Gasteiger charge is 2.21. The molecule has 3 aromatic heterocycles. The van der Waals surface area contributed by atoms with Gasteiger partial charge in [0.1, 0.15) is 11.4 Å². The molecule has 42 heavy (non-hydrogen) atoms. The van der Waals surface area contributed by atoms with Gasteiger partial charge in [-0.05, 0) is 80.6 Å². The lowest BCUT2D eigenvalue weighted by Gasteiger charge is -2.20. The Morgan fingerprint density at radius 2 is 1.74 bits per heavy atom. The van der Waals surface area contributed by atoms with Crippen molar-refractivity contribution in [2.24, 2.45) is 0 Å². The van der Waals surface area contributed by atoms with E-state index in [-0.39, 0.29) is 5.97 Å². The van der Waals surface area contributed by atoms with Crippen molar-refractivity contribution in [3.8, 4) is 22.4 Å². The third-order valence-electron chi connectivity index (χ3n) is 7.28. The van der Waals surface area contributed by atoms with Crippen molar-refractivity contribution in [1.82, 2.24) is 23.9 Å². The van der Waals surface area contributed by atoms with Crippen molar-refractivity contribution in [1.29, 1.82) is 0 Å². The molecule has 6 aromatic rings. The molecule has 0 N–H and O–H groups in total. The maximum absolute atomic E-state index is 12.9. The van der Waals surface area contributed by atoms with Gasteiger partial charge in [0.15, 0.2) is 0 Å². The van der Waals surface area contributed by atoms with E-state index in [1.807, 2.05) is 67.9 Å². The molecule has 0 fully saturated rings. The van der Waals surface area contributed by atoms with Gasteiger partial charge < -0.3 is 9.30 Å². The maximum atomic E-state index is 12.9. The smallest absolute Gasteiger partial charge is 0.339 e. The van der Waals surface area contributed by atoms with Gasteiger partial charge in [0.25, 0.3) is 0 Å². The van der Waals surface area contributed by atoms with E-state index in [0.29, 0.717) is 17.9 Å². The van der Waals surface area contributed by atoms with Gasteiger partial charge in [0.05, 0.1) is 22.3 Å². The highest BCUT2D eigenvalue weighted by molar-refractivity contribution is 5.97. The number of imidazole rings is 2. The van der Waals surface area contributed by atoms with Crippen molar-refractivity contribution in [2.75, 3.05) is 0 Å². The van der Waals surface area contributed by atoms with Crippen LogP contribution in [0.3, 0.4) is 0 Å². The second kappa shape index (κ2) is 10.9. The molecule has 0 saturated carbocycles. The van der Waals surface area contributed by atoms with Crippen LogP contribution in [0.2, 0.25) is 0 Å². The van der Waals surface area contributed by atoms with E-state index < -0.39 is 5.60 Å². The summed E-state index contributed by atoms with van der Waals surface area (Å²) >= 11 is 0. The lowest BCUT2D eigenvalue weighted by Crippen LogP contribution is -2.24. The molecular formula is C35H35N5O2. The number of aromatic nitrogens is 5. The van der Waals surface area contributed by atoms with Gasteiger partial charge in [0, 0.05) is 37.1 Å². The van der Waals surface area contributed by atoms with Crippen LogP contribution in [0.5, 0.6) is 0 Å². The Labute approximate surface area is 245 Å². The third-order valence-corrected chi connectivity index (χ3v) is 7.28. The molecule has 0 atom stereocenters. The number of benzene rings is 3. The summed E-state index contributed by atoms with van der Waals surface area (Å²) in [4.78, 5) is 27.1. The summed E-state index contributed by atoms with van der Waals surface area (Å²) in [5.41, 5.74) is 8.17. The average Bonchev–Trinajstić information content (AvgIpc) is 3.55. The fraction of sp³-hybridized carbons (Fsp3) is 0.257. The third kappa shape index (κ3) is 5.42. The van der Waals surface area contributed by atoms with Crippen molar-refractivity contribution < 1.29 is 9.53 Å². The Morgan fingerprint density at radius 3 is 2.48 bits per heavy atom. The quantitative estimate of drug-likeness (QED) is 0.188. The molecule has 6 rings (SSSR count). The zero-order chi connectivity index (χ0) is 29.4. The molecule has 3 aromatic carbocycles.